The van der Waals surface area contributed by atoms with Gasteiger partial charge in [-0.05, 0) is 172 Å². The van der Waals surface area contributed by atoms with E-state index in [1.54, 1.807) is 75.4 Å². The number of carbonyl (C=O) groups excluding carboxylic acids is 4. The number of aromatic nitrogens is 14. The van der Waals surface area contributed by atoms with E-state index in [1.165, 1.54) is 89.5 Å². The van der Waals surface area contributed by atoms with E-state index < -0.39 is 54.3 Å². The summed E-state index contributed by atoms with van der Waals surface area (Å²) in [6.45, 7) is 7.24. The number of benzene rings is 4. The Kier molecular flexibility index (Phi) is 34.5. The van der Waals surface area contributed by atoms with Crippen LogP contribution in [0.1, 0.15) is 128 Å². The van der Waals surface area contributed by atoms with E-state index in [-0.39, 0.29) is 86.0 Å². The SMILES string of the molecule is C.COC(=O)c1ccc(-c2nc(Cl)ncc2C)cc1F.COC(=O)c1ccc(-c2nc(Cl)ncc2C)cc1F.COC(=O)c1ccc(-c2nc(Nc3cnn(C4CC4)c3)ncc2C)cc1F.COC(=O)c1ccc(B(O)O)cc1F.Cc1cnc(Cl)nc1Cl.Nc1cnn(C2CC2)c1.Nc1cnn(C2CC2)c1.[Na+].[OH-]. The molecule has 0 saturated heterocycles. The minimum Gasteiger partial charge on any atom is -0.870 e. The van der Waals surface area contributed by atoms with Crippen LogP contribution in [0, 0.1) is 51.0 Å². The summed E-state index contributed by atoms with van der Waals surface area (Å²) < 4.78 is 78.7. The number of aryl methyl sites for hydroxylation is 4. The van der Waals surface area contributed by atoms with Gasteiger partial charge < -0.3 is 51.3 Å². The number of hydrogen-bond donors (Lipinski definition) is 5. The number of anilines is 4. The van der Waals surface area contributed by atoms with Crippen molar-refractivity contribution < 1.29 is 101 Å². The first-order valence-electron chi connectivity index (χ1n) is 31.8. The van der Waals surface area contributed by atoms with Crippen molar-refractivity contribution in [3.8, 4) is 33.8 Å². The summed E-state index contributed by atoms with van der Waals surface area (Å²) in [4.78, 5) is 77.0. The van der Waals surface area contributed by atoms with Crippen LogP contribution in [0.3, 0.4) is 0 Å². The normalized spacial score (nSPS) is 12.0. The molecule has 568 valence electrons. The molecule has 3 aliphatic carbocycles. The zero-order valence-electron chi connectivity index (χ0n) is 59.3. The zero-order chi connectivity index (χ0) is 77.1. The number of nitrogen functional groups attached to an aromatic ring is 2. The quantitative estimate of drug-likeness (QED) is 0.0179. The van der Waals surface area contributed by atoms with Gasteiger partial charge >= 0.3 is 60.6 Å². The molecule has 0 atom stereocenters. The molecule has 28 nitrogen and oxygen atoms in total. The number of halogens is 8. The molecule has 11 aromatic rings. The Hall–Kier alpha value is -10.1. The molecule has 14 rings (SSSR count). The topological polar surface area (TPSA) is 396 Å². The van der Waals surface area contributed by atoms with Crippen LogP contribution < -0.4 is 51.8 Å². The van der Waals surface area contributed by atoms with Gasteiger partial charge in [0.25, 0.3) is 0 Å². The van der Waals surface area contributed by atoms with Crippen LogP contribution in [0.15, 0.2) is 135 Å². The molecule has 0 unspecified atom stereocenters. The Morgan fingerprint density at radius 3 is 1.10 bits per heavy atom. The number of nitrogens with zero attached hydrogens (tertiary/aromatic N) is 14. The molecule has 7 heterocycles. The van der Waals surface area contributed by atoms with Crippen molar-refractivity contribution in [1.29, 1.82) is 0 Å². The Morgan fingerprint density at radius 1 is 0.468 bits per heavy atom. The molecular formula is C71H73BCl4F4N17NaO11. The number of ether oxygens (including phenoxy) is 4. The van der Waals surface area contributed by atoms with Crippen molar-refractivity contribution in [3.63, 3.8) is 0 Å². The van der Waals surface area contributed by atoms with E-state index in [4.69, 9.17) is 67.9 Å². The summed E-state index contributed by atoms with van der Waals surface area (Å²) >= 11 is 22.4. The third-order valence-electron chi connectivity index (χ3n) is 15.2. The summed E-state index contributed by atoms with van der Waals surface area (Å²) in [6, 6.07) is 17.7. The number of hydrogen-bond acceptors (Lipinski definition) is 25. The fraction of sp³-hybridized carbons (Fsp3) is 0.254. The van der Waals surface area contributed by atoms with Crippen molar-refractivity contribution in [2.75, 3.05) is 45.2 Å². The number of methoxy groups -OCH3 is 4. The van der Waals surface area contributed by atoms with Crippen molar-refractivity contribution in [3.05, 3.63) is 224 Å². The van der Waals surface area contributed by atoms with Gasteiger partial charge in [-0.3, -0.25) is 14.0 Å². The molecule has 0 amide bonds. The summed E-state index contributed by atoms with van der Waals surface area (Å²) in [7, 11) is 2.99. The third-order valence-corrected chi connectivity index (χ3v) is 16.2. The number of nitrogens with two attached hydrogens (primary N) is 2. The third kappa shape index (κ3) is 26.1. The Balaban J connectivity index is 0.000000235. The standard InChI is InChI=1S/C19H18FN5O2.2C13H10ClFN2O2.C8H8BFO4.2C6H9N3.C5H4Cl2N2.CH4.Na.H2O/c1-11-8-21-19(23-13-9-22-25(10-13)14-4-5-14)24-17(11)12-3-6-15(16(20)7-12)18(26)27-2;2*1-7-6-16-13(14)17-11(7)8-3-4-9(10(15)5-8)12(18)19-2;1-14-8(11)6-3-2-5(9(12)13)4-7(6)10;2*7-5-3-8-9(4-5)6-1-2-6;1-3-2-8-5(7)9-4(3)6;;;/h3,6-10,14H,4-5H2,1-2H3,(H,21,23,24);2*3-6H,1-2H3;2-4,12-13H,1H3;2*3-4,6H,1-2,7H2;2H,1H3;1H4;;1H2/q;;;;;;;;+1;/p-1. The van der Waals surface area contributed by atoms with E-state index in [2.05, 4.69) is 79.4 Å². The molecule has 0 spiro atoms. The molecule has 7 aromatic heterocycles. The zero-order valence-corrected chi connectivity index (χ0v) is 64.3. The number of rotatable bonds is 13. The predicted octanol–water partition coefficient (Wildman–Crippen LogP) is 10.2. The summed E-state index contributed by atoms with van der Waals surface area (Å²) in [5.41, 5.74) is 19.0. The Bertz CT molecular complexity index is 4780. The van der Waals surface area contributed by atoms with Crippen molar-refractivity contribution in [2.45, 2.75) is 91.8 Å². The molecular weight excluding hydrogens is 1520 g/mol. The average Bonchev–Trinajstić information content (AvgIpc) is 1.56. The minimum atomic E-state index is -1.75. The first-order valence-corrected chi connectivity index (χ1v) is 33.4. The molecule has 0 bridgehead atoms. The fourth-order valence-corrected chi connectivity index (χ4v) is 9.83. The van der Waals surface area contributed by atoms with Gasteiger partial charge in [0.2, 0.25) is 21.8 Å². The molecule has 4 aromatic carbocycles. The van der Waals surface area contributed by atoms with E-state index in [9.17, 15) is 36.7 Å². The molecule has 38 heteroatoms. The summed E-state index contributed by atoms with van der Waals surface area (Å²) in [5, 5.41) is 33.8. The first-order chi connectivity index (χ1) is 50.6. The van der Waals surface area contributed by atoms with Crippen LogP contribution in [-0.2, 0) is 18.9 Å². The summed E-state index contributed by atoms with van der Waals surface area (Å²) in [6.07, 6.45) is 24.5. The van der Waals surface area contributed by atoms with Gasteiger partial charge in [0, 0.05) is 65.6 Å². The minimum absolute atomic E-state index is 0. The van der Waals surface area contributed by atoms with E-state index in [0.717, 1.165) is 71.4 Å². The summed E-state index contributed by atoms with van der Waals surface area (Å²) in [5.74, 6) is -5.40. The van der Waals surface area contributed by atoms with Crippen LogP contribution in [-0.4, -0.2) is 144 Å². The molecule has 0 radical (unpaired) electrons. The van der Waals surface area contributed by atoms with Gasteiger partial charge in [0.15, 0.2) is 0 Å². The molecule has 3 aliphatic rings. The van der Waals surface area contributed by atoms with E-state index >= 15 is 0 Å². The average molecular weight is 1590 g/mol. The fourth-order valence-electron chi connectivity index (χ4n) is 9.26. The van der Waals surface area contributed by atoms with Crippen LogP contribution in [0.4, 0.5) is 40.6 Å². The van der Waals surface area contributed by atoms with Crippen LogP contribution in [0.2, 0.25) is 21.0 Å². The van der Waals surface area contributed by atoms with Gasteiger partial charge in [-0.1, -0.05) is 43.3 Å². The Labute approximate surface area is 665 Å². The van der Waals surface area contributed by atoms with Crippen LogP contribution >= 0.6 is 46.4 Å². The second kappa shape index (κ2) is 42.0. The number of esters is 4. The van der Waals surface area contributed by atoms with Gasteiger partial charge in [-0.2, -0.15) is 15.3 Å². The molecule has 109 heavy (non-hydrogen) atoms. The van der Waals surface area contributed by atoms with Gasteiger partial charge in [-0.25, -0.2) is 76.6 Å². The molecule has 8 N–H and O–H groups in total. The second-order valence-corrected chi connectivity index (χ2v) is 24.7. The smallest absolute Gasteiger partial charge is 0.870 e. The number of carbonyl (C=O) groups is 4. The van der Waals surface area contributed by atoms with E-state index in [1.807, 2.05) is 46.5 Å². The van der Waals surface area contributed by atoms with Crippen molar-refractivity contribution >= 4 is 106 Å². The maximum atomic E-state index is 14.3. The number of nitrogens with one attached hydrogen (secondary N) is 1. The van der Waals surface area contributed by atoms with Crippen molar-refractivity contribution in [1.82, 2.24) is 69.2 Å². The van der Waals surface area contributed by atoms with Gasteiger partial charge in [0.1, 0.15) is 28.4 Å². The molecule has 0 aliphatic heterocycles. The van der Waals surface area contributed by atoms with E-state index in [0.29, 0.717) is 63.0 Å². The van der Waals surface area contributed by atoms with Crippen molar-refractivity contribution in [2.24, 2.45) is 0 Å². The largest absolute Gasteiger partial charge is 1.00 e. The monoisotopic (exact) mass is 1590 g/mol. The maximum Gasteiger partial charge on any atom is 1.00 e. The Morgan fingerprint density at radius 2 is 0.789 bits per heavy atom. The molecule has 3 fully saturated rings. The van der Waals surface area contributed by atoms with Crippen LogP contribution in [0.5, 0.6) is 0 Å². The van der Waals surface area contributed by atoms with Gasteiger partial charge in [-0.15, -0.1) is 0 Å². The second-order valence-electron chi connectivity index (χ2n) is 23.4. The molecule has 3 saturated carbocycles. The predicted molar refractivity (Wildman–Crippen MR) is 397 cm³/mol. The first kappa shape index (κ1) is 89.6. The van der Waals surface area contributed by atoms with Gasteiger partial charge in [0.05, 0.1) is 122 Å². The van der Waals surface area contributed by atoms with Crippen LogP contribution in [0.25, 0.3) is 33.8 Å². The maximum absolute atomic E-state index is 14.3.